The van der Waals surface area contributed by atoms with Gasteiger partial charge in [-0.15, -0.1) is 0 Å². The fourth-order valence-electron chi connectivity index (χ4n) is 1.60. The van der Waals surface area contributed by atoms with Gasteiger partial charge in [0.05, 0.1) is 12.8 Å². The molecule has 0 saturated carbocycles. The third-order valence-electron chi connectivity index (χ3n) is 2.34. The van der Waals surface area contributed by atoms with Crippen molar-refractivity contribution in [3.63, 3.8) is 0 Å². The number of hydrogen-bond donors (Lipinski definition) is 2. The van der Waals surface area contributed by atoms with Crippen LogP contribution in [-0.2, 0) is 9.59 Å². The number of benzene rings is 1. The number of aliphatic carboxylic acids is 1. The molecule has 0 fully saturated rings. The summed E-state index contributed by atoms with van der Waals surface area (Å²) in [5, 5.41) is 11.2. The number of ether oxygens (including phenoxy) is 2. The molecule has 2 N–H and O–H groups in total. The average molecular weight is 249 g/mol. The summed E-state index contributed by atoms with van der Waals surface area (Å²) in [5.41, 5.74) is 1.06. The Labute approximate surface area is 103 Å². The molecule has 1 aromatic carbocycles. The molecule has 0 bridgehead atoms. The lowest BCUT2D eigenvalue weighted by Gasteiger charge is -2.20. The minimum atomic E-state index is -1.05. The van der Waals surface area contributed by atoms with Crippen LogP contribution in [0.15, 0.2) is 18.2 Å². The van der Waals surface area contributed by atoms with Crippen molar-refractivity contribution in [1.82, 2.24) is 0 Å². The van der Waals surface area contributed by atoms with Crippen LogP contribution >= 0.6 is 0 Å². The zero-order chi connectivity index (χ0) is 13.1. The van der Waals surface area contributed by atoms with E-state index in [1.54, 1.807) is 12.1 Å². The number of carboxylic acids is 1. The lowest BCUT2D eigenvalue weighted by molar-refractivity contribution is -0.131. The minimum absolute atomic E-state index is 0.0618. The third-order valence-corrected chi connectivity index (χ3v) is 2.34. The van der Waals surface area contributed by atoms with Crippen LogP contribution in [0.5, 0.6) is 11.5 Å². The summed E-state index contributed by atoms with van der Waals surface area (Å²) < 4.78 is 10.4. The molecule has 0 spiro atoms. The second-order valence-corrected chi connectivity index (χ2v) is 3.61. The van der Waals surface area contributed by atoms with E-state index in [2.05, 4.69) is 5.32 Å². The van der Waals surface area contributed by atoms with E-state index in [0.29, 0.717) is 22.7 Å². The van der Waals surface area contributed by atoms with Gasteiger partial charge in [-0.05, 0) is 23.8 Å². The van der Waals surface area contributed by atoms with Gasteiger partial charge in [-0.1, -0.05) is 0 Å². The van der Waals surface area contributed by atoms with E-state index in [-0.39, 0.29) is 12.5 Å². The van der Waals surface area contributed by atoms with Gasteiger partial charge < -0.3 is 19.9 Å². The van der Waals surface area contributed by atoms with Crippen LogP contribution in [0.1, 0.15) is 5.56 Å². The average Bonchev–Trinajstić information content (AvgIpc) is 2.34. The van der Waals surface area contributed by atoms with Gasteiger partial charge in [0.2, 0.25) is 0 Å². The topological polar surface area (TPSA) is 84.9 Å². The molecule has 0 aromatic heterocycles. The first-order valence-electron chi connectivity index (χ1n) is 5.16. The number of fused-ring (bicyclic) bond motifs is 1. The summed E-state index contributed by atoms with van der Waals surface area (Å²) in [5.74, 6) is -0.419. The molecule has 1 amide bonds. The van der Waals surface area contributed by atoms with E-state index in [9.17, 15) is 9.59 Å². The van der Waals surface area contributed by atoms with Crippen LogP contribution in [0.25, 0.3) is 6.08 Å². The number of rotatable bonds is 3. The van der Waals surface area contributed by atoms with Crippen LogP contribution in [0.2, 0.25) is 0 Å². The second-order valence-electron chi connectivity index (χ2n) is 3.61. The monoisotopic (exact) mass is 249 g/mol. The first-order chi connectivity index (χ1) is 8.60. The molecule has 0 aliphatic carbocycles. The highest BCUT2D eigenvalue weighted by Gasteiger charge is 2.20. The van der Waals surface area contributed by atoms with Gasteiger partial charge in [0.15, 0.2) is 18.1 Å². The highest BCUT2D eigenvalue weighted by atomic mass is 16.5. The van der Waals surface area contributed by atoms with Crippen molar-refractivity contribution in [2.45, 2.75) is 0 Å². The zero-order valence-corrected chi connectivity index (χ0v) is 9.60. The van der Waals surface area contributed by atoms with E-state index < -0.39 is 5.97 Å². The van der Waals surface area contributed by atoms with E-state index in [1.165, 1.54) is 13.2 Å². The molecule has 1 heterocycles. The van der Waals surface area contributed by atoms with Crippen LogP contribution in [0.4, 0.5) is 5.69 Å². The van der Waals surface area contributed by atoms with Crippen LogP contribution in [-0.4, -0.2) is 30.7 Å². The molecule has 18 heavy (non-hydrogen) atoms. The summed E-state index contributed by atoms with van der Waals surface area (Å²) >= 11 is 0. The number of methoxy groups -OCH3 is 1. The fourth-order valence-corrected chi connectivity index (χ4v) is 1.60. The minimum Gasteiger partial charge on any atom is -0.493 e. The quantitative estimate of drug-likeness (QED) is 0.784. The number of carbonyl (C=O) groups excluding carboxylic acids is 1. The summed E-state index contributed by atoms with van der Waals surface area (Å²) in [7, 11) is 1.47. The highest BCUT2D eigenvalue weighted by Crippen LogP contribution is 2.38. The molecule has 6 heteroatoms. The van der Waals surface area contributed by atoms with Gasteiger partial charge in [-0.3, -0.25) is 4.79 Å². The Morgan fingerprint density at radius 1 is 1.56 bits per heavy atom. The summed E-state index contributed by atoms with van der Waals surface area (Å²) in [6, 6.07) is 3.25. The molecule has 0 radical (unpaired) electrons. The van der Waals surface area contributed by atoms with E-state index in [1.807, 2.05) is 0 Å². The van der Waals surface area contributed by atoms with Gasteiger partial charge in [-0.2, -0.15) is 0 Å². The van der Waals surface area contributed by atoms with Crippen molar-refractivity contribution in [1.29, 1.82) is 0 Å². The smallest absolute Gasteiger partial charge is 0.328 e. The molecule has 94 valence electrons. The summed E-state index contributed by atoms with van der Waals surface area (Å²) in [6.45, 7) is -0.0618. The lowest BCUT2D eigenvalue weighted by atomic mass is 10.1. The highest BCUT2D eigenvalue weighted by molar-refractivity contribution is 5.97. The van der Waals surface area contributed by atoms with Crippen molar-refractivity contribution in [2.75, 3.05) is 19.0 Å². The van der Waals surface area contributed by atoms with Gasteiger partial charge in [-0.25, -0.2) is 4.79 Å². The fraction of sp³-hybridized carbons (Fsp3) is 0.167. The predicted octanol–water partition coefficient (Wildman–Crippen LogP) is 1.12. The van der Waals surface area contributed by atoms with E-state index in [0.717, 1.165) is 6.08 Å². The second kappa shape index (κ2) is 4.79. The van der Waals surface area contributed by atoms with Gasteiger partial charge >= 0.3 is 5.97 Å². The Kier molecular flexibility index (Phi) is 3.18. The van der Waals surface area contributed by atoms with Crippen LogP contribution in [0.3, 0.4) is 0 Å². The number of hydrogen-bond acceptors (Lipinski definition) is 4. The molecule has 6 nitrogen and oxygen atoms in total. The first-order valence-corrected chi connectivity index (χ1v) is 5.16. The molecular weight excluding hydrogens is 238 g/mol. The molecule has 0 unspecified atom stereocenters. The lowest BCUT2D eigenvalue weighted by Crippen LogP contribution is -2.25. The molecule has 0 saturated heterocycles. The Bertz CT molecular complexity index is 536. The number of carboxylic acid groups (broad SMARTS) is 1. The number of amides is 1. The van der Waals surface area contributed by atoms with Gasteiger partial charge in [0, 0.05) is 6.08 Å². The Balaban J connectivity index is 2.42. The normalized spacial score (nSPS) is 13.7. The molecule has 0 atom stereocenters. The SMILES string of the molecule is COc1cc(/C=C/C(=O)O)cc2c1OCC(=O)N2. The van der Waals surface area contributed by atoms with E-state index >= 15 is 0 Å². The number of anilines is 1. The van der Waals surface area contributed by atoms with Crippen molar-refractivity contribution < 1.29 is 24.2 Å². The van der Waals surface area contributed by atoms with Crippen molar-refractivity contribution in [3.05, 3.63) is 23.8 Å². The van der Waals surface area contributed by atoms with Crippen molar-refractivity contribution in [2.24, 2.45) is 0 Å². The molecule has 1 aliphatic heterocycles. The molecule has 2 rings (SSSR count). The zero-order valence-electron chi connectivity index (χ0n) is 9.60. The Morgan fingerprint density at radius 2 is 2.33 bits per heavy atom. The van der Waals surface area contributed by atoms with Crippen LogP contribution in [0, 0.1) is 0 Å². The van der Waals surface area contributed by atoms with Crippen molar-refractivity contribution in [3.8, 4) is 11.5 Å². The maximum atomic E-state index is 11.2. The number of carbonyl (C=O) groups is 2. The van der Waals surface area contributed by atoms with Crippen LogP contribution < -0.4 is 14.8 Å². The summed E-state index contributed by atoms with van der Waals surface area (Å²) in [6.07, 6.45) is 2.42. The largest absolute Gasteiger partial charge is 0.493 e. The molecule has 1 aromatic rings. The predicted molar refractivity (Wildman–Crippen MR) is 63.8 cm³/mol. The maximum Gasteiger partial charge on any atom is 0.328 e. The maximum absolute atomic E-state index is 11.2. The van der Waals surface area contributed by atoms with Gasteiger partial charge in [0.25, 0.3) is 5.91 Å². The van der Waals surface area contributed by atoms with Gasteiger partial charge in [0.1, 0.15) is 0 Å². The molecular formula is C12H11NO5. The van der Waals surface area contributed by atoms with E-state index in [4.69, 9.17) is 14.6 Å². The number of nitrogens with one attached hydrogen (secondary N) is 1. The first kappa shape index (κ1) is 12.0. The summed E-state index contributed by atoms with van der Waals surface area (Å²) in [4.78, 5) is 21.7. The van der Waals surface area contributed by atoms with Crippen molar-refractivity contribution >= 4 is 23.6 Å². The molecule has 1 aliphatic rings. The Morgan fingerprint density at radius 3 is 3.00 bits per heavy atom. The standard InChI is InChI=1S/C12H11NO5/c1-17-9-5-7(2-3-11(15)16)4-8-12(9)18-6-10(14)13-8/h2-5H,6H2,1H3,(H,13,14)(H,15,16)/b3-2+. The third kappa shape index (κ3) is 2.42. The Hall–Kier alpha value is -2.50.